The number of rotatable bonds is 11. The van der Waals surface area contributed by atoms with E-state index in [9.17, 15) is 13.2 Å². The summed E-state index contributed by atoms with van der Waals surface area (Å²) in [6.45, 7) is 2.36. The summed E-state index contributed by atoms with van der Waals surface area (Å²) in [5, 5.41) is 10.7. The van der Waals surface area contributed by atoms with E-state index < -0.39 is 9.84 Å². The molecule has 1 aliphatic rings. The highest BCUT2D eigenvalue weighted by atomic mass is 32.2. The summed E-state index contributed by atoms with van der Waals surface area (Å²) >= 11 is 0. The van der Waals surface area contributed by atoms with Gasteiger partial charge < -0.3 is 31.3 Å². The third kappa shape index (κ3) is 6.89. The topological polar surface area (TPSA) is 152 Å². The molecule has 1 aromatic heterocycles. The first kappa shape index (κ1) is 29.1. The summed E-state index contributed by atoms with van der Waals surface area (Å²) in [6, 6.07) is 20.6. The molecule has 2 heterocycles. The minimum atomic E-state index is -3.46. The second kappa shape index (κ2) is 12.6. The summed E-state index contributed by atoms with van der Waals surface area (Å²) in [5.41, 5.74) is 8.11. The average molecular weight is 590 g/mol. The molecule has 1 saturated heterocycles. The molecule has 1 fully saturated rings. The number of primary amides is 1. The van der Waals surface area contributed by atoms with Crippen molar-refractivity contribution in [3.05, 3.63) is 66.7 Å². The lowest BCUT2D eigenvalue weighted by Gasteiger charge is -2.34. The van der Waals surface area contributed by atoms with Gasteiger partial charge in [0.2, 0.25) is 11.9 Å². The number of methoxy groups -OCH3 is 1. The van der Waals surface area contributed by atoms with Crippen LogP contribution in [0.25, 0.3) is 10.9 Å². The number of piperidine rings is 1. The maximum absolute atomic E-state index is 12.4. The maximum atomic E-state index is 12.4. The van der Waals surface area contributed by atoms with Crippen LogP contribution >= 0.6 is 0 Å². The van der Waals surface area contributed by atoms with Crippen LogP contribution in [-0.2, 0) is 14.6 Å². The summed E-state index contributed by atoms with van der Waals surface area (Å²) in [4.78, 5) is 22.9. The lowest BCUT2D eigenvalue weighted by atomic mass is 10.0. The molecule has 5 rings (SSSR count). The molecular formula is C30H35N7O4S. The third-order valence-corrected chi connectivity index (χ3v) is 8.39. The molecule has 0 radical (unpaired) electrons. The van der Waals surface area contributed by atoms with Gasteiger partial charge >= 0.3 is 0 Å². The molecular weight excluding hydrogens is 554 g/mol. The number of benzene rings is 3. The predicted molar refractivity (Wildman–Crippen MR) is 166 cm³/mol. The number of anilines is 5. The van der Waals surface area contributed by atoms with E-state index in [1.165, 1.54) is 6.26 Å². The monoisotopic (exact) mass is 589 g/mol. The van der Waals surface area contributed by atoms with Crippen molar-refractivity contribution in [1.29, 1.82) is 0 Å². The highest BCUT2D eigenvalue weighted by molar-refractivity contribution is 7.90. The van der Waals surface area contributed by atoms with Crippen LogP contribution in [0.2, 0.25) is 0 Å². The summed E-state index contributed by atoms with van der Waals surface area (Å²) in [5.74, 6) is 1.16. The highest BCUT2D eigenvalue weighted by Gasteiger charge is 2.21. The van der Waals surface area contributed by atoms with Crippen LogP contribution in [0, 0.1) is 0 Å². The quantitative estimate of drug-likeness (QED) is 0.202. The van der Waals surface area contributed by atoms with Gasteiger partial charge in [0, 0.05) is 55.5 Å². The number of carbonyl (C=O) groups is 1. The first-order valence-electron chi connectivity index (χ1n) is 13.8. The van der Waals surface area contributed by atoms with E-state index in [2.05, 4.69) is 20.9 Å². The Morgan fingerprint density at radius 2 is 1.74 bits per heavy atom. The highest BCUT2D eigenvalue weighted by Crippen LogP contribution is 2.34. The SMILES string of the molecule is COc1cc(N2CCC(NCCC(N)=O)CC2)ccc1Nc1nc(Nc2ccccc2S(C)(=O)=O)c2ccccc2n1. The van der Waals surface area contributed by atoms with Gasteiger partial charge in [0.1, 0.15) is 11.6 Å². The van der Waals surface area contributed by atoms with Crippen LogP contribution < -0.4 is 31.3 Å². The second-order valence-electron chi connectivity index (χ2n) is 10.2. The van der Waals surface area contributed by atoms with E-state index in [1.54, 1.807) is 31.4 Å². The molecule has 1 amide bonds. The Morgan fingerprint density at radius 3 is 2.48 bits per heavy atom. The van der Waals surface area contributed by atoms with Crippen molar-refractivity contribution in [1.82, 2.24) is 15.3 Å². The van der Waals surface area contributed by atoms with E-state index in [0.717, 1.165) is 37.0 Å². The Morgan fingerprint density at radius 1 is 1.00 bits per heavy atom. The van der Waals surface area contributed by atoms with Gasteiger partial charge in [0.25, 0.3) is 0 Å². The maximum Gasteiger partial charge on any atom is 0.229 e. The fraction of sp³-hybridized carbons (Fsp3) is 0.300. The standard InChI is InChI=1S/C30H35N7O4S/c1-41-26-19-21(37-17-14-20(15-18-37)32-16-13-28(31)38)11-12-24(26)35-30-34-23-8-4-3-7-22(23)29(36-30)33-25-9-5-6-10-27(25)42(2,39)40/h3-12,19-20,32H,13-18H2,1-2H3,(H2,31,38)(H2,33,34,35,36). The number of hydrogen-bond acceptors (Lipinski definition) is 10. The van der Waals surface area contributed by atoms with Gasteiger partial charge in [-0.3, -0.25) is 4.79 Å². The first-order valence-corrected chi connectivity index (χ1v) is 15.6. The summed E-state index contributed by atoms with van der Waals surface area (Å²) in [7, 11) is -1.84. The minimum Gasteiger partial charge on any atom is -0.494 e. The van der Waals surface area contributed by atoms with Gasteiger partial charge in [-0.1, -0.05) is 24.3 Å². The molecule has 42 heavy (non-hydrogen) atoms. The number of aromatic nitrogens is 2. The van der Waals surface area contributed by atoms with Gasteiger partial charge in [-0.2, -0.15) is 4.98 Å². The zero-order chi connectivity index (χ0) is 29.7. The molecule has 0 unspecified atom stereocenters. The summed E-state index contributed by atoms with van der Waals surface area (Å²) in [6.07, 6.45) is 3.45. The van der Waals surface area contributed by atoms with E-state index >= 15 is 0 Å². The molecule has 220 valence electrons. The minimum absolute atomic E-state index is 0.185. The Balaban J connectivity index is 1.36. The first-order chi connectivity index (χ1) is 20.2. The third-order valence-electron chi connectivity index (χ3n) is 7.24. The van der Waals surface area contributed by atoms with Crippen molar-refractivity contribution in [3.63, 3.8) is 0 Å². The molecule has 0 aliphatic carbocycles. The summed E-state index contributed by atoms with van der Waals surface area (Å²) < 4.78 is 30.5. The number of hydrogen-bond donors (Lipinski definition) is 4. The number of fused-ring (bicyclic) bond motifs is 1. The van der Waals surface area contributed by atoms with Crippen LogP contribution in [-0.4, -0.2) is 63.3 Å². The molecule has 4 aromatic rings. The van der Waals surface area contributed by atoms with Crippen LogP contribution in [0.3, 0.4) is 0 Å². The van der Waals surface area contributed by atoms with Crippen LogP contribution in [0.4, 0.5) is 28.8 Å². The number of para-hydroxylation sites is 2. The predicted octanol–water partition coefficient (Wildman–Crippen LogP) is 3.96. The van der Waals surface area contributed by atoms with Crippen LogP contribution in [0.5, 0.6) is 5.75 Å². The lowest BCUT2D eigenvalue weighted by molar-refractivity contribution is -0.117. The second-order valence-corrected chi connectivity index (χ2v) is 12.2. The van der Waals surface area contributed by atoms with Gasteiger partial charge in [0.15, 0.2) is 9.84 Å². The van der Waals surface area contributed by atoms with Gasteiger partial charge in [0.05, 0.1) is 28.9 Å². The number of carbonyl (C=O) groups excluding carboxylic acids is 1. The molecule has 0 bridgehead atoms. The van der Waals surface area contributed by atoms with Gasteiger partial charge in [-0.15, -0.1) is 0 Å². The Labute approximate surface area is 245 Å². The number of ether oxygens (including phenoxy) is 1. The van der Waals surface area contributed by atoms with E-state index in [1.807, 2.05) is 42.5 Å². The molecule has 11 nitrogen and oxygen atoms in total. The zero-order valence-corrected chi connectivity index (χ0v) is 24.4. The number of nitrogens with one attached hydrogen (secondary N) is 3. The molecule has 0 saturated carbocycles. The molecule has 12 heteroatoms. The van der Waals surface area contributed by atoms with Crippen molar-refractivity contribution in [2.24, 2.45) is 5.73 Å². The van der Waals surface area contributed by atoms with Gasteiger partial charge in [-0.25, -0.2) is 13.4 Å². The Hall–Kier alpha value is -4.42. The van der Waals surface area contributed by atoms with Crippen molar-refractivity contribution in [3.8, 4) is 5.75 Å². The Bertz CT molecular complexity index is 1690. The van der Waals surface area contributed by atoms with Crippen molar-refractivity contribution in [2.75, 3.05) is 48.5 Å². The fourth-order valence-electron chi connectivity index (χ4n) is 5.09. The molecule has 5 N–H and O–H groups in total. The number of nitrogens with zero attached hydrogens (tertiary/aromatic N) is 3. The smallest absolute Gasteiger partial charge is 0.229 e. The molecule has 1 aliphatic heterocycles. The Kier molecular flexibility index (Phi) is 8.74. The van der Waals surface area contributed by atoms with Crippen LogP contribution in [0.1, 0.15) is 19.3 Å². The van der Waals surface area contributed by atoms with Crippen molar-refractivity contribution >= 4 is 55.5 Å². The normalized spacial score (nSPS) is 14.1. The van der Waals surface area contributed by atoms with Gasteiger partial charge in [-0.05, 0) is 49.2 Å². The fourth-order valence-corrected chi connectivity index (χ4v) is 5.93. The molecule has 0 spiro atoms. The molecule has 3 aromatic carbocycles. The van der Waals surface area contributed by atoms with E-state index in [4.69, 9.17) is 20.4 Å². The zero-order valence-electron chi connectivity index (χ0n) is 23.6. The lowest BCUT2D eigenvalue weighted by Crippen LogP contribution is -2.43. The van der Waals surface area contributed by atoms with Crippen LogP contribution in [0.15, 0.2) is 71.6 Å². The van der Waals surface area contributed by atoms with E-state index in [-0.39, 0.29) is 10.8 Å². The number of sulfone groups is 1. The molecule has 0 atom stereocenters. The number of amides is 1. The van der Waals surface area contributed by atoms with Crippen molar-refractivity contribution in [2.45, 2.75) is 30.2 Å². The average Bonchev–Trinajstić information content (AvgIpc) is 2.97. The largest absolute Gasteiger partial charge is 0.494 e. The number of nitrogens with two attached hydrogens (primary N) is 1. The van der Waals surface area contributed by atoms with Crippen molar-refractivity contribution < 1.29 is 17.9 Å². The van der Waals surface area contributed by atoms with E-state index in [0.29, 0.717) is 53.4 Å².